The highest BCUT2D eigenvalue weighted by atomic mass is 15.3. The van der Waals surface area contributed by atoms with Crippen LogP contribution in [-0.2, 0) is 6.54 Å². The van der Waals surface area contributed by atoms with E-state index < -0.39 is 0 Å². The number of hydrogen-bond donors (Lipinski definition) is 1. The molecule has 2 aliphatic rings. The van der Waals surface area contributed by atoms with Crippen molar-refractivity contribution in [3.05, 3.63) is 48.0 Å². The summed E-state index contributed by atoms with van der Waals surface area (Å²) in [7, 11) is 0. The van der Waals surface area contributed by atoms with Gasteiger partial charge in [0.1, 0.15) is 0 Å². The van der Waals surface area contributed by atoms with Gasteiger partial charge in [-0.25, -0.2) is 0 Å². The summed E-state index contributed by atoms with van der Waals surface area (Å²) >= 11 is 0. The van der Waals surface area contributed by atoms with Crippen molar-refractivity contribution in [2.24, 2.45) is 0 Å². The van der Waals surface area contributed by atoms with Crippen LogP contribution in [0.1, 0.15) is 31.7 Å². The molecule has 1 aliphatic carbocycles. The fourth-order valence-electron chi connectivity index (χ4n) is 3.82. The molecule has 110 valence electrons. The predicted octanol–water partition coefficient (Wildman–Crippen LogP) is 3.55. The third kappa shape index (κ3) is 2.70. The van der Waals surface area contributed by atoms with Crippen LogP contribution in [0, 0.1) is 0 Å². The first-order chi connectivity index (χ1) is 10.3. The minimum Gasteiger partial charge on any atom is -0.309 e. The third-order valence-corrected chi connectivity index (χ3v) is 5.10. The van der Waals surface area contributed by atoms with Gasteiger partial charge < -0.3 is 5.32 Å². The van der Waals surface area contributed by atoms with E-state index in [1.54, 1.807) is 0 Å². The summed E-state index contributed by atoms with van der Waals surface area (Å²) in [6.45, 7) is 4.60. The van der Waals surface area contributed by atoms with E-state index in [1.165, 1.54) is 42.1 Å². The van der Waals surface area contributed by atoms with Crippen molar-refractivity contribution in [1.29, 1.82) is 0 Å². The van der Waals surface area contributed by atoms with Crippen molar-refractivity contribution in [2.75, 3.05) is 6.54 Å². The fourth-order valence-corrected chi connectivity index (χ4v) is 3.82. The molecule has 0 aromatic heterocycles. The minimum absolute atomic E-state index is 0.652. The van der Waals surface area contributed by atoms with E-state index in [0.29, 0.717) is 6.04 Å². The quantitative estimate of drug-likeness (QED) is 0.921. The number of benzene rings is 2. The SMILES string of the molecule is CC1CC(NCc2cccc3ccccc23)CN1C1CC1. The van der Waals surface area contributed by atoms with Crippen molar-refractivity contribution < 1.29 is 0 Å². The zero-order valence-corrected chi connectivity index (χ0v) is 12.8. The van der Waals surface area contributed by atoms with E-state index in [1.807, 2.05) is 0 Å². The maximum absolute atomic E-state index is 3.79. The van der Waals surface area contributed by atoms with Crippen LogP contribution in [0.25, 0.3) is 10.8 Å². The molecule has 1 heterocycles. The van der Waals surface area contributed by atoms with Gasteiger partial charge in [-0.05, 0) is 42.5 Å². The Kier molecular flexibility index (Phi) is 3.44. The normalized spacial score (nSPS) is 26.5. The smallest absolute Gasteiger partial charge is 0.0214 e. The van der Waals surface area contributed by atoms with Crippen molar-refractivity contribution >= 4 is 10.8 Å². The molecule has 0 spiro atoms. The Balaban J connectivity index is 1.44. The highest BCUT2D eigenvalue weighted by Gasteiger charge is 2.38. The molecule has 2 aromatic rings. The summed E-state index contributed by atoms with van der Waals surface area (Å²) in [5.74, 6) is 0. The molecule has 0 radical (unpaired) electrons. The topological polar surface area (TPSA) is 15.3 Å². The number of likely N-dealkylation sites (tertiary alicyclic amines) is 1. The van der Waals surface area contributed by atoms with Crippen molar-refractivity contribution in [3.8, 4) is 0 Å². The monoisotopic (exact) mass is 280 g/mol. The third-order valence-electron chi connectivity index (χ3n) is 5.10. The van der Waals surface area contributed by atoms with Gasteiger partial charge in [0, 0.05) is 31.2 Å². The predicted molar refractivity (Wildman–Crippen MR) is 88.4 cm³/mol. The van der Waals surface area contributed by atoms with E-state index in [0.717, 1.165) is 18.6 Å². The summed E-state index contributed by atoms with van der Waals surface area (Å²) in [6.07, 6.45) is 4.13. The highest BCUT2D eigenvalue weighted by molar-refractivity contribution is 5.85. The second-order valence-corrected chi connectivity index (χ2v) is 6.73. The van der Waals surface area contributed by atoms with Gasteiger partial charge in [-0.3, -0.25) is 4.90 Å². The molecule has 2 nitrogen and oxygen atoms in total. The highest BCUT2D eigenvalue weighted by Crippen LogP contribution is 2.33. The molecule has 2 heteroatoms. The van der Waals surface area contributed by atoms with E-state index in [4.69, 9.17) is 0 Å². The van der Waals surface area contributed by atoms with Crippen LogP contribution in [0.2, 0.25) is 0 Å². The molecule has 0 amide bonds. The van der Waals surface area contributed by atoms with Crippen molar-refractivity contribution in [2.45, 2.75) is 50.9 Å². The van der Waals surface area contributed by atoms with E-state index in [2.05, 4.69) is 59.6 Å². The number of nitrogens with one attached hydrogen (secondary N) is 1. The lowest BCUT2D eigenvalue weighted by Crippen LogP contribution is -2.33. The molecule has 0 bridgehead atoms. The van der Waals surface area contributed by atoms with Crippen LogP contribution < -0.4 is 5.32 Å². The van der Waals surface area contributed by atoms with Gasteiger partial charge in [0.25, 0.3) is 0 Å². The molecule has 1 N–H and O–H groups in total. The Morgan fingerprint density at radius 3 is 2.76 bits per heavy atom. The first-order valence-corrected chi connectivity index (χ1v) is 8.27. The Hall–Kier alpha value is -1.38. The molecule has 1 saturated carbocycles. The molecule has 2 fully saturated rings. The molecule has 1 saturated heterocycles. The summed E-state index contributed by atoms with van der Waals surface area (Å²) in [5.41, 5.74) is 1.42. The molecule has 21 heavy (non-hydrogen) atoms. The fraction of sp³-hybridized carbons (Fsp3) is 0.474. The summed E-state index contributed by atoms with van der Waals surface area (Å²) in [4.78, 5) is 2.71. The zero-order valence-electron chi connectivity index (χ0n) is 12.8. The van der Waals surface area contributed by atoms with Crippen LogP contribution >= 0.6 is 0 Å². The van der Waals surface area contributed by atoms with Crippen LogP contribution in [0.4, 0.5) is 0 Å². The van der Waals surface area contributed by atoms with Gasteiger partial charge in [-0.1, -0.05) is 42.5 Å². The van der Waals surface area contributed by atoms with Gasteiger partial charge >= 0.3 is 0 Å². The number of nitrogens with zero attached hydrogens (tertiary/aromatic N) is 1. The largest absolute Gasteiger partial charge is 0.309 e. The average molecular weight is 280 g/mol. The Morgan fingerprint density at radius 2 is 1.90 bits per heavy atom. The van der Waals surface area contributed by atoms with Gasteiger partial charge in [-0.2, -0.15) is 0 Å². The maximum Gasteiger partial charge on any atom is 0.0214 e. The summed E-state index contributed by atoms with van der Waals surface area (Å²) in [6, 6.07) is 17.6. The van der Waals surface area contributed by atoms with Crippen molar-refractivity contribution in [3.63, 3.8) is 0 Å². The lowest BCUT2D eigenvalue weighted by molar-refractivity contribution is 0.255. The lowest BCUT2D eigenvalue weighted by Gasteiger charge is -2.19. The molecule has 2 aromatic carbocycles. The Bertz CT molecular complexity index is 627. The maximum atomic E-state index is 3.79. The molecule has 2 atom stereocenters. The van der Waals surface area contributed by atoms with Crippen LogP contribution in [-0.4, -0.2) is 29.6 Å². The Morgan fingerprint density at radius 1 is 1.10 bits per heavy atom. The Labute approximate surface area is 127 Å². The average Bonchev–Trinajstić information content (AvgIpc) is 3.28. The van der Waals surface area contributed by atoms with Crippen LogP contribution in [0.15, 0.2) is 42.5 Å². The van der Waals surface area contributed by atoms with Gasteiger partial charge in [0.2, 0.25) is 0 Å². The summed E-state index contributed by atoms with van der Waals surface area (Å²) < 4.78 is 0. The van der Waals surface area contributed by atoms with Crippen LogP contribution in [0.5, 0.6) is 0 Å². The standard InChI is InChI=1S/C19H24N2/c1-14-11-17(13-21(14)18-9-10-18)20-12-16-7-4-6-15-5-2-3-8-19(15)16/h2-8,14,17-18,20H,9-13H2,1H3. The van der Waals surface area contributed by atoms with Gasteiger partial charge in [0.05, 0.1) is 0 Å². The molecular weight excluding hydrogens is 256 g/mol. The van der Waals surface area contributed by atoms with E-state index in [-0.39, 0.29) is 0 Å². The number of fused-ring (bicyclic) bond motifs is 1. The lowest BCUT2D eigenvalue weighted by atomic mass is 10.0. The molecule has 2 unspecified atom stereocenters. The zero-order chi connectivity index (χ0) is 14.2. The van der Waals surface area contributed by atoms with E-state index in [9.17, 15) is 0 Å². The van der Waals surface area contributed by atoms with Gasteiger partial charge in [0.15, 0.2) is 0 Å². The first kappa shape index (κ1) is 13.3. The number of rotatable bonds is 4. The molecule has 1 aliphatic heterocycles. The second-order valence-electron chi connectivity index (χ2n) is 6.73. The second kappa shape index (κ2) is 5.43. The van der Waals surface area contributed by atoms with Gasteiger partial charge in [-0.15, -0.1) is 0 Å². The minimum atomic E-state index is 0.652. The van der Waals surface area contributed by atoms with Crippen molar-refractivity contribution in [1.82, 2.24) is 10.2 Å². The molecule has 4 rings (SSSR count). The first-order valence-electron chi connectivity index (χ1n) is 8.27. The van der Waals surface area contributed by atoms with E-state index >= 15 is 0 Å². The van der Waals surface area contributed by atoms with Crippen LogP contribution in [0.3, 0.4) is 0 Å². The summed E-state index contributed by atoms with van der Waals surface area (Å²) in [5, 5.41) is 6.52. The molecular formula is C19H24N2. The number of hydrogen-bond acceptors (Lipinski definition) is 2.